The van der Waals surface area contributed by atoms with Crippen LogP contribution in [0.3, 0.4) is 0 Å². The topological polar surface area (TPSA) is 45.0 Å². The summed E-state index contributed by atoms with van der Waals surface area (Å²) in [6.45, 7) is 3.61. The number of anilines is 1. The highest BCUT2D eigenvalue weighted by atomic mass is 16.5. The van der Waals surface area contributed by atoms with Crippen molar-refractivity contribution in [3.05, 3.63) is 29.8 Å². The molecule has 78 valence electrons. The summed E-state index contributed by atoms with van der Waals surface area (Å²) in [6.07, 6.45) is 0.979. The van der Waals surface area contributed by atoms with Gasteiger partial charge >= 0.3 is 0 Å². The van der Waals surface area contributed by atoms with E-state index < -0.39 is 0 Å². The largest absolute Gasteiger partial charge is 0.379 e. The molecular formula is C12H14N2O. The van der Waals surface area contributed by atoms with Crippen LogP contribution in [0.4, 0.5) is 5.69 Å². The molecule has 1 aliphatic rings. The molecule has 1 atom stereocenters. The Balaban J connectivity index is 2.20. The second-order valence-corrected chi connectivity index (χ2v) is 4.15. The molecule has 2 rings (SSSR count). The predicted molar refractivity (Wildman–Crippen MR) is 58.6 cm³/mol. The van der Waals surface area contributed by atoms with Crippen molar-refractivity contribution in [1.29, 1.82) is 5.26 Å². The second-order valence-electron chi connectivity index (χ2n) is 4.15. The van der Waals surface area contributed by atoms with E-state index in [1.54, 1.807) is 0 Å². The summed E-state index contributed by atoms with van der Waals surface area (Å²) in [7, 11) is 0. The summed E-state index contributed by atoms with van der Waals surface area (Å²) in [5, 5.41) is 12.3. The van der Waals surface area contributed by atoms with Crippen LogP contribution in [-0.2, 0) is 4.74 Å². The number of nitriles is 1. The lowest BCUT2D eigenvalue weighted by atomic mass is 10.0. The maximum atomic E-state index is 8.96. The lowest BCUT2D eigenvalue weighted by Gasteiger charge is -2.25. The number of ether oxygens (including phenoxy) is 1. The van der Waals surface area contributed by atoms with Gasteiger partial charge in [-0.1, -0.05) is 12.1 Å². The smallest absolute Gasteiger partial charge is 0.101 e. The third kappa shape index (κ3) is 2.11. The standard InChI is InChI=1S/C12H14N2O/c1-12(6-7-15-9-12)14-11-5-3-2-4-10(11)8-13/h2-5,14H,6-7,9H2,1H3. The summed E-state index contributed by atoms with van der Waals surface area (Å²) in [6, 6.07) is 9.74. The van der Waals surface area contributed by atoms with Gasteiger partial charge < -0.3 is 10.1 Å². The van der Waals surface area contributed by atoms with Gasteiger partial charge in [-0.3, -0.25) is 0 Å². The first-order valence-electron chi connectivity index (χ1n) is 5.09. The number of hydrogen-bond donors (Lipinski definition) is 1. The van der Waals surface area contributed by atoms with Crippen LogP contribution in [0.5, 0.6) is 0 Å². The lowest BCUT2D eigenvalue weighted by molar-refractivity contribution is 0.185. The van der Waals surface area contributed by atoms with Gasteiger partial charge in [-0.05, 0) is 25.5 Å². The molecule has 0 saturated carbocycles. The zero-order valence-electron chi connectivity index (χ0n) is 8.79. The van der Waals surface area contributed by atoms with E-state index in [0.717, 1.165) is 18.7 Å². The highest BCUT2D eigenvalue weighted by Gasteiger charge is 2.29. The molecule has 3 heteroatoms. The fourth-order valence-corrected chi connectivity index (χ4v) is 1.78. The van der Waals surface area contributed by atoms with Gasteiger partial charge in [0.25, 0.3) is 0 Å². The number of nitrogens with one attached hydrogen (secondary N) is 1. The summed E-state index contributed by atoms with van der Waals surface area (Å²) >= 11 is 0. The third-order valence-corrected chi connectivity index (χ3v) is 2.70. The molecule has 3 nitrogen and oxygen atoms in total. The molecule has 1 aliphatic heterocycles. The lowest BCUT2D eigenvalue weighted by Crippen LogP contribution is -2.35. The van der Waals surface area contributed by atoms with E-state index >= 15 is 0 Å². The molecule has 1 heterocycles. The molecule has 0 aromatic heterocycles. The molecule has 15 heavy (non-hydrogen) atoms. The van der Waals surface area contributed by atoms with Gasteiger partial charge in [0.1, 0.15) is 6.07 Å². The molecule has 0 bridgehead atoms. The van der Waals surface area contributed by atoms with Gasteiger partial charge in [-0.25, -0.2) is 0 Å². The van der Waals surface area contributed by atoms with E-state index in [1.807, 2.05) is 24.3 Å². The van der Waals surface area contributed by atoms with Crippen LogP contribution in [0.1, 0.15) is 18.9 Å². The molecule has 1 saturated heterocycles. The second kappa shape index (κ2) is 3.92. The number of para-hydroxylation sites is 1. The molecule has 0 radical (unpaired) electrons. The molecule has 1 aromatic carbocycles. The minimum absolute atomic E-state index is 0.0348. The normalized spacial score (nSPS) is 24.8. The molecule has 0 spiro atoms. The highest BCUT2D eigenvalue weighted by molar-refractivity contribution is 5.58. The van der Waals surface area contributed by atoms with E-state index in [9.17, 15) is 0 Å². The van der Waals surface area contributed by atoms with Crippen molar-refractivity contribution in [1.82, 2.24) is 0 Å². The SMILES string of the molecule is CC1(Nc2ccccc2C#N)CCOC1. The molecular weight excluding hydrogens is 188 g/mol. The van der Waals surface area contributed by atoms with Crippen molar-refractivity contribution in [2.75, 3.05) is 18.5 Å². The molecule has 1 unspecified atom stereocenters. The van der Waals surface area contributed by atoms with Gasteiger partial charge in [0, 0.05) is 6.61 Å². The fraction of sp³-hybridized carbons (Fsp3) is 0.417. The van der Waals surface area contributed by atoms with Gasteiger partial charge in [-0.15, -0.1) is 0 Å². The van der Waals surface area contributed by atoms with E-state index in [1.165, 1.54) is 0 Å². The molecule has 0 aliphatic carbocycles. The van der Waals surface area contributed by atoms with Crippen molar-refractivity contribution >= 4 is 5.69 Å². The van der Waals surface area contributed by atoms with Crippen LogP contribution in [0, 0.1) is 11.3 Å². The Kier molecular flexibility index (Phi) is 2.61. The van der Waals surface area contributed by atoms with Gasteiger partial charge in [0.15, 0.2) is 0 Å². The van der Waals surface area contributed by atoms with Gasteiger partial charge in [0.05, 0.1) is 23.4 Å². The Morgan fingerprint density at radius 1 is 1.47 bits per heavy atom. The van der Waals surface area contributed by atoms with Crippen molar-refractivity contribution < 1.29 is 4.74 Å². The van der Waals surface area contributed by atoms with Crippen LogP contribution in [-0.4, -0.2) is 18.8 Å². The van der Waals surface area contributed by atoms with Crippen molar-refractivity contribution in [2.24, 2.45) is 0 Å². The first-order chi connectivity index (χ1) is 7.23. The van der Waals surface area contributed by atoms with Crippen LogP contribution >= 0.6 is 0 Å². The van der Waals surface area contributed by atoms with Gasteiger partial charge in [0.2, 0.25) is 0 Å². The molecule has 1 fully saturated rings. The average molecular weight is 202 g/mol. The average Bonchev–Trinajstić information content (AvgIpc) is 2.66. The number of rotatable bonds is 2. The zero-order valence-corrected chi connectivity index (χ0v) is 8.79. The summed E-state index contributed by atoms with van der Waals surface area (Å²) in [4.78, 5) is 0. The van der Waals surface area contributed by atoms with Gasteiger partial charge in [-0.2, -0.15) is 5.26 Å². The minimum atomic E-state index is -0.0348. The fourth-order valence-electron chi connectivity index (χ4n) is 1.78. The molecule has 0 amide bonds. The van der Waals surface area contributed by atoms with Crippen LogP contribution in [0.2, 0.25) is 0 Å². The van der Waals surface area contributed by atoms with Crippen molar-refractivity contribution in [2.45, 2.75) is 18.9 Å². The predicted octanol–water partition coefficient (Wildman–Crippen LogP) is 2.15. The highest BCUT2D eigenvalue weighted by Crippen LogP contribution is 2.25. The Hall–Kier alpha value is -1.53. The van der Waals surface area contributed by atoms with E-state index in [0.29, 0.717) is 12.2 Å². The minimum Gasteiger partial charge on any atom is -0.379 e. The zero-order chi connectivity index (χ0) is 10.7. The van der Waals surface area contributed by atoms with Crippen LogP contribution in [0.25, 0.3) is 0 Å². The van der Waals surface area contributed by atoms with E-state index in [-0.39, 0.29) is 5.54 Å². The Morgan fingerprint density at radius 3 is 2.93 bits per heavy atom. The van der Waals surface area contributed by atoms with Crippen molar-refractivity contribution in [3.63, 3.8) is 0 Å². The van der Waals surface area contributed by atoms with Crippen LogP contribution in [0.15, 0.2) is 24.3 Å². The maximum Gasteiger partial charge on any atom is 0.101 e. The number of nitrogens with zero attached hydrogens (tertiary/aromatic N) is 1. The maximum absolute atomic E-state index is 8.96. The van der Waals surface area contributed by atoms with E-state index in [4.69, 9.17) is 10.00 Å². The quantitative estimate of drug-likeness (QED) is 0.799. The third-order valence-electron chi connectivity index (χ3n) is 2.70. The number of hydrogen-bond acceptors (Lipinski definition) is 3. The monoisotopic (exact) mass is 202 g/mol. The number of benzene rings is 1. The summed E-state index contributed by atoms with van der Waals surface area (Å²) in [5.74, 6) is 0. The molecule has 1 aromatic rings. The molecule has 1 N–H and O–H groups in total. The Labute approximate surface area is 89.7 Å². The Bertz CT molecular complexity index is 389. The van der Waals surface area contributed by atoms with Crippen molar-refractivity contribution in [3.8, 4) is 6.07 Å². The van der Waals surface area contributed by atoms with Crippen LogP contribution < -0.4 is 5.32 Å². The summed E-state index contributed by atoms with van der Waals surface area (Å²) in [5.41, 5.74) is 1.55. The van der Waals surface area contributed by atoms with E-state index in [2.05, 4.69) is 18.3 Å². The first-order valence-corrected chi connectivity index (χ1v) is 5.09. The Morgan fingerprint density at radius 2 is 2.27 bits per heavy atom. The summed E-state index contributed by atoms with van der Waals surface area (Å²) < 4.78 is 5.36. The first kappa shape index (κ1) is 10.0.